The number of urea groups is 2. The van der Waals surface area contributed by atoms with Gasteiger partial charge in [0.2, 0.25) is 0 Å². The minimum absolute atomic E-state index is 0.151. The van der Waals surface area contributed by atoms with Gasteiger partial charge in [-0.1, -0.05) is 73.5 Å². The molecule has 0 radical (unpaired) electrons. The van der Waals surface area contributed by atoms with E-state index in [-0.39, 0.29) is 24.1 Å². The van der Waals surface area contributed by atoms with Crippen molar-refractivity contribution in [2.45, 2.75) is 90.4 Å². The van der Waals surface area contributed by atoms with Crippen LogP contribution in [0.5, 0.6) is 0 Å². The van der Waals surface area contributed by atoms with Crippen molar-refractivity contribution in [1.29, 1.82) is 0 Å². The quantitative estimate of drug-likeness (QED) is 0.310. The predicted molar refractivity (Wildman–Crippen MR) is 158 cm³/mol. The van der Waals surface area contributed by atoms with Gasteiger partial charge in [0.05, 0.1) is 23.2 Å². The maximum atomic E-state index is 13.1. The highest BCUT2D eigenvalue weighted by Crippen LogP contribution is 2.26. The fourth-order valence-corrected chi connectivity index (χ4v) is 4.94. The number of rotatable bonds is 8. The van der Waals surface area contributed by atoms with Gasteiger partial charge in [-0.05, 0) is 88.8 Å². The van der Waals surface area contributed by atoms with Gasteiger partial charge in [-0.25, -0.2) is 9.59 Å². The van der Waals surface area contributed by atoms with Crippen molar-refractivity contribution in [3.8, 4) is 0 Å². The molecule has 0 heterocycles. The van der Waals surface area contributed by atoms with Crippen LogP contribution in [0.2, 0.25) is 0 Å². The van der Waals surface area contributed by atoms with E-state index in [1.54, 1.807) is 0 Å². The molecule has 38 heavy (non-hydrogen) atoms. The Morgan fingerprint density at radius 3 is 1.42 bits per heavy atom. The second-order valence-corrected chi connectivity index (χ2v) is 11.7. The maximum Gasteiger partial charge on any atom is 0.315 e. The molecule has 1 fully saturated rings. The molecule has 2 aromatic rings. The van der Waals surface area contributed by atoms with E-state index in [1.165, 1.54) is 0 Å². The molecule has 0 spiro atoms. The topological polar surface area (TPSA) is 82.3 Å². The molecule has 4 amide bonds. The minimum atomic E-state index is -0.577. The third-order valence-electron chi connectivity index (χ3n) is 7.41. The van der Waals surface area contributed by atoms with E-state index in [9.17, 15) is 9.59 Å². The molecule has 6 nitrogen and oxygen atoms in total. The zero-order chi connectivity index (χ0) is 28.1. The van der Waals surface area contributed by atoms with Gasteiger partial charge in [-0.15, -0.1) is 0 Å². The Balaban J connectivity index is 1.63. The number of nitrogens with one attached hydrogen (secondary N) is 4. The smallest absolute Gasteiger partial charge is 0.315 e. The first-order valence-electron chi connectivity index (χ1n) is 13.5. The molecule has 1 saturated carbocycles. The van der Waals surface area contributed by atoms with Gasteiger partial charge >= 0.3 is 12.1 Å². The summed E-state index contributed by atoms with van der Waals surface area (Å²) in [7, 11) is 0. The Morgan fingerprint density at radius 2 is 1.08 bits per heavy atom. The first kappa shape index (κ1) is 29.0. The number of carbonyl (C=O) groups is 2. The Labute approximate surface area is 228 Å². The average Bonchev–Trinajstić information content (AvgIpc) is 2.84. The van der Waals surface area contributed by atoms with Crippen molar-refractivity contribution in [3.05, 3.63) is 83.9 Å². The molecule has 0 aromatic heterocycles. The monoisotopic (exact) mass is 516 g/mol. The van der Waals surface area contributed by atoms with Crippen LogP contribution in [0.3, 0.4) is 0 Å². The molecule has 6 heteroatoms. The maximum absolute atomic E-state index is 13.1. The van der Waals surface area contributed by atoms with E-state index in [0.717, 1.165) is 59.1 Å². The summed E-state index contributed by atoms with van der Waals surface area (Å²) in [5.74, 6) is 0. The number of carbonyl (C=O) groups excluding carboxylic acids is 2. The minimum Gasteiger partial charge on any atom is -0.333 e. The number of hydrogen-bond donors (Lipinski definition) is 4. The van der Waals surface area contributed by atoms with Crippen molar-refractivity contribution in [2.24, 2.45) is 0 Å². The predicted octanol–water partition coefficient (Wildman–Crippen LogP) is 6.83. The molecule has 0 saturated heterocycles. The third kappa shape index (κ3) is 7.50. The first-order chi connectivity index (χ1) is 17.8. The summed E-state index contributed by atoms with van der Waals surface area (Å²) in [6.07, 6.45) is 3.64. The van der Waals surface area contributed by atoms with E-state index in [0.29, 0.717) is 0 Å². The molecular formula is C32H44N4O2. The van der Waals surface area contributed by atoms with Crippen molar-refractivity contribution in [2.75, 3.05) is 0 Å². The van der Waals surface area contributed by atoms with E-state index >= 15 is 0 Å². The molecule has 204 valence electrons. The molecule has 0 bridgehead atoms. The number of benzene rings is 2. The van der Waals surface area contributed by atoms with Gasteiger partial charge in [0.1, 0.15) is 0 Å². The lowest BCUT2D eigenvalue weighted by Crippen LogP contribution is -2.59. The van der Waals surface area contributed by atoms with E-state index in [2.05, 4.69) is 46.6 Å². The third-order valence-corrected chi connectivity index (χ3v) is 7.41. The van der Waals surface area contributed by atoms with E-state index in [4.69, 9.17) is 0 Å². The van der Waals surface area contributed by atoms with Gasteiger partial charge < -0.3 is 21.3 Å². The number of allylic oxidation sites excluding steroid dienone is 2. The second kappa shape index (κ2) is 11.9. The zero-order valence-corrected chi connectivity index (χ0v) is 23.8. The highest BCUT2D eigenvalue weighted by atomic mass is 16.2. The highest BCUT2D eigenvalue weighted by molar-refractivity contribution is 5.77. The van der Waals surface area contributed by atoms with Crippen LogP contribution in [-0.2, 0) is 11.1 Å². The lowest BCUT2D eigenvalue weighted by atomic mass is 9.89. The number of hydrogen-bond acceptors (Lipinski definition) is 2. The molecule has 2 atom stereocenters. The summed E-state index contributed by atoms with van der Waals surface area (Å²) < 4.78 is 0. The van der Waals surface area contributed by atoms with Crippen molar-refractivity contribution in [3.63, 3.8) is 0 Å². The van der Waals surface area contributed by atoms with Gasteiger partial charge in [0.25, 0.3) is 0 Å². The van der Waals surface area contributed by atoms with Crippen LogP contribution in [0.15, 0.2) is 61.7 Å². The standard InChI is InChI=1S/C32H44N4O2/c1-21(2)23-13-11-15-25(19-23)31(5,6)35-29(37)33-27-17-9-10-18-28(27)34-30(38)36-32(7,8)26-16-12-14-24(20-26)22(3)4/h11-16,19-20,27-28H,1,3,9-10,17-18H2,2,4-8H3,(H2,33,35,37)(H2,34,36,38)/t27-,28-/m0/s1. The largest absolute Gasteiger partial charge is 0.333 e. The van der Waals surface area contributed by atoms with Crippen molar-refractivity contribution >= 4 is 23.2 Å². The fraction of sp³-hybridized carbons (Fsp3) is 0.438. The molecule has 2 aromatic carbocycles. The molecule has 4 N–H and O–H groups in total. The molecule has 1 aliphatic carbocycles. The van der Waals surface area contributed by atoms with Crippen LogP contribution in [0.25, 0.3) is 11.1 Å². The summed E-state index contributed by atoms with van der Waals surface area (Å²) in [6.45, 7) is 19.9. The van der Waals surface area contributed by atoms with Crippen LogP contribution in [-0.4, -0.2) is 24.1 Å². The van der Waals surface area contributed by atoms with Gasteiger partial charge in [-0.2, -0.15) is 0 Å². The van der Waals surface area contributed by atoms with Gasteiger partial charge in [0, 0.05) is 0 Å². The van der Waals surface area contributed by atoms with Crippen LogP contribution < -0.4 is 21.3 Å². The number of amides is 4. The van der Waals surface area contributed by atoms with Crippen LogP contribution in [0, 0.1) is 0 Å². The van der Waals surface area contributed by atoms with Crippen LogP contribution in [0.1, 0.15) is 89.5 Å². The van der Waals surface area contributed by atoms with Gasteiger partial charge in [-0.3, -0.25) is 0 Å². The van der Waals surface area contributed by atoms with Crippen LogP contribution >= 0.6 is 0 Å². The van der Waals surface area contributed by atoms with E-state index < -0.39 is 11.1 Å². The van der Waals surface area contributed by atoms with Crippen LogP contribution in [0.4, 0.5) is 9.59 Å². The SMILES string of the molecule is C=C(C)c1cccc(C(C)(C)NC(=O)N[C@H]2CCCC[C@@H]2NC(=O)NC(C)(C)c2cccc(C(=C)C)c2)c1. The summed E-state index contributed by atoms with van der Waals surface area (Å²) in [5, 5.41) is 12.5. The molecule has 3 rings (SSSR count). The Kier molecular flexibility index (Phi) is 9.08. The summed E-state index contributed by atoms with van der Waals surface area (Å²) in [4.78, 5) is 26.2. The Bertz CT molecular complexity index is 1100. The van der Waals surface area contributed by atoms with E-state index in [1.807, 2.05) is 77.9 Å². The first-order valence-corrected chi connectivity index (χ1v) is 13.5. The zero-order valence-electron chi connectivity index (χ0n) is 23.8. The summed E-state index contributed by atoms with van der Waals surface area (Å²) >= 11 is 0. The lowest BCUT2D eigenvalue weighted by Gasteiger charge is -2.36. The molecule has 0 aliphatic heterocycles. The Morgan fingerprint density at radius 1 is 0.711 bits per heavy atom. The van der Waals surface area contributed by atoms with Gasteiger partial charge in [0.15, 0.2) is 0 Å². The summed E-state index contributed by atoms with van der Waals surface area (Å²) in [6, 6.07) is 15.4. The Hall–Kier alpha value is -3.54. The molecule has 1 aliphatic rings. The normalized spacial score (nSPS) is 17.7. The van der Waals surface area contributed by atoms with Crippen molar-refractivity contribution < 1.29 is 9.59 Å². The highest BCUT2D eigenvalue weighted by Gasteiger charge is 2.31. The molecular weight excluding hydrogens is 472 g/mol. The summed E-state index contributed by atoms with van der Waals surface area (Å²) in [5.41, 5.74) is 4.91. The fourth-order valence-electron chi connectivity index (χ4n) is 4.94. The lowest BCUT2D eigenvalue weighted by molar-refractivity contribution is 0.203. The average molecular weight is 517 g/mol. The second-order valence-electron chi connectivity index (χ2n) is 11.7. The van der Waals surface area contributed by atoms with Crippen molar-refractivity contribution in [1.82, 2.24) is 21.3 Å². The molecule has 0 unspecified atom stereocenters.